The molecule has 1 aliphatic carbocycles. The molecule has 2 aliphatic rings. The highest BCUT2D eigenvalue weighted by atomic mass is 16.5. The van der Waals surface area contributed by atoms with Crippen LogP contribution in [-0.4, -0.2) is 23.2 Å². The molecule has 0 amide bonds. The lowest BCUT2D eigenvalue weighted by molar-refractivity contribution is 0.343. The Labute approximate surface area is 73.2 Å². The molecule has 2 atom stereocenters. The summed E-state index contributed by atoms with van der Waals surface area (Å²) in [6.45, 7) is 3.06. The first kappa shape index (κ1) is 4.97. The average Bonchev–Trinajstić information content (AvgIpc) is 2.59. The Balaban J connectivity index is 2.06. The number of nitrogens with zero attached hydrogens (tertiary/aromatic N) is 2. The monoisotopic (exact) mass is 167 g/mol. The molecule has 2 fully saturated rings. The summed E-state index contributed by atoms with van der Waals surface area (Å²) in [5.41, 5.74) is -0.547. The summed E-state index contributed by atoms with van der Waals surface area (Å²) in [6, 6.07) is 0. The summed E-state index contributed by atoms with van der Waals surface area (Å²) in [7, 11) is 0. The topological polar surface area (TPSA) is 51.0 Å². The molecule has 12 heavy (non-hydrogen) atoms. The van der Waals surface area contributed by atoms with Crippen LogP contribution in [-0.2, 0) is 5.41 Å². The summed E-state index contributed by atoms with van der Waals surface area (Å²) < 4.78 is 20.8. The predicted octanol–water partition coefficient (Wildman–Crippen LogP) is 0.239. The molecule has 1 aromatic rings. The van der Waals surface area contributed by atoms with Gasteiger partial charge in [-0.15, -0.1) is 0 Å². The summed E-state index contributed by atoms with van der Waals surface area (Å²) >= 11 is 0. The van der Waals surface area contributed by atoms with E-state index < -0.39 is 11.8 Å². The minimum atomic E-state index is -1.18. The van der Waals surface area contributed by atoms with Gasteiger partial charge in [0.25, 0.3) is 0 Å². The second-order valence-corrected chi connectivity index (χ2v) is 3.45. The van der Waals surface area contributed by atoms with Crippen LogP contribution in [0.3, 0.4) is 0 Å². The molecule has 4 nitrogen and oxygen atoms in total. The largest absolute Gasteiger partial charge is 0.339 e. The second-order valence-electron chi connectivity index (χ2n) is 3.45. The van der Waals surface area contributed by atoms with Crippen LogP contribution in [0.1, 0.15) is 20.8 Å². The van der Waals surface area contributed by atoms with E-state index in [1.54, 1.807) is 6.92 Å². The molecule has 0 spiro atoms. The number of aromatic nitrogens is 2. The SMILES string of the molecule is [2H]C1([2H])[C@@H]2CNC[C@@]21c1nc(C)no1. The van der Waals surface area contributed by atoms with Crippen LogP contribution in [0.25, 0.3) is 0 Å². The van der Waals surface area contributed by atoms with Gasteiger partial charge in [0.2, 0.25) is 5.89 Å². The first-order valence-electron chi connectivity index (χ1n) is 5.10. The lowest BCUT2D eigenvalue weighted by Crippen LogP contribution is -2.19. The maximum absolute atomic E-state index is 7.86. The fourth-order valence-corrected chi connectivity index (χ4v) is 1.85. The molecule has 0 aromatic carbocycles. The highest BCUT2D eigenvalue weighted by Gasteiger charge is 2.62. The highest BCUT2D eigenvalue weighted by Crippen LogP contribution is 2.55. The normalized spacial score (nSPS) is 44.9. The molecule has 0 radical (unpaired) electrons. The minimum Gasteiger partial charge on any atom is -0.339 e. The third-order valence-electron chi connectivity index (χ3n) is 2.60. The maximum Gasteiger partial charge on any atom is 0.234 e. The van der Waals surface area contributed by atoms with Gasteiger partial charge in [0, 0.05) is 9.29 Å². The second kappa shape index (κ2) is 1.88. The van der Waals surface area contributed by atoms with Gasteiger partial charge >= 0.3 is 0 Å². The third kappa shape index (κ3) is 0.659. The summed E-state index contributed by atoms with van der Waals surface area (Å²) in [6.07, 6.45) is -1.18. The molecule has 64 valence electrons. The Bertz CT molecular complexity index is 392. The molecule has 0 bridgehead atoms. The van der Waals surface area contributed by atoms with E-state index in [9.17, 15) is 0 Å². The van der Waals surface area contributed by atoms with Crippen LogP contribution < -0.4 is 5.32 Å². The van der Waals surface area contributed by atoms with Gasteiger partial charge in [-0.3, -0.25) is 0 Å². The van der Waals surface area contributed by atoms with Crippen molar-refractivity contribution in [1.82, 2.24) is 15.5 Å². The van der Waals surface area contributed by atoms with Crippen LogP contribution >= 0.6 is 0 Å². The molecule has 4 heteroatoms. The van der Waals surface area contributed by atoms with Crippen LogP contribution in [0, 0.1) is 12.8 Å². The van der Waals surface area contributed by atoms with Gasteiger partial charge in [0.15, 0.2) is 5.82 Å². The predicted molar refractivity (Wildman–Crippen MR) is 41.7 cm³/mol. The Morgan fingerprint density at radius 3 is 3.33 bits per heavy atom. The third-order valence-corrected chi connectivity index (χ3v) is 2.60. The average molecular weight is 167 g/mol. The number of fused-ring (bicyclic) bond motifs is 1. The Morgan fingerprint density at radius 1 is 1.83 bits per heavy atom. The Morgan fingerprint density at radius 2 is 2.75 bits per heavy atom. The van der Waals surface area contributed by atoms with Gasteiger partial charge in [0.1, 0.15) is 0 Å². The van der Waals surface area contributed by atoms with Crippen molar-refractivity contribution in [1.29, 1.82) is 0 Å². The molecule has 3 rings (SSSR count). The van der Waals surface area contributed by atoms with Crippen molar-refractivity contribution >= 4 is 0 Å². The van der Waals surface area contributed by atoms with Gasteiger partial charge in [-0.1, -0.05) is 5.16 Å². The van der Waals surface area contributed by atoms with E-state index >= 15 is 0 Å². The molecule has 1 N–H and O–H groups in total. The number of rotatable bonds is 1. The van der Waals surface area contributed by atoms with Crippen molar-refractivity contribution in [2.45, 2.75) is 18.7 Å². The van der Waals surface area contributed by atoms with Gasteiger partial charge in [-0.2, -0.15) is 4.98 Å². The highest BCUT2D eigenvalue weighted by molar-refractivity contribution is 5.25. The lowest BCUT2D eigenvalue weighted by Gasteiger charge is -2.02. The van der Waals surface area contributed by atoms with Gasteiger partial charge in [-0.05, 0) is 25.8 Å². The van der Waals surface area contributed by atoms with E-state index in [1.165, 1.54) is 0 Å². The zero-order chi connectivity index (χ0) is 9.97. The summed E-state index contributed by atoms with van der Waals surface area (Å²) in [4.78, 5) is 4.14. The standard InChI is InChI=1S/C8H11N3O/c1-5-10-7(12-11-5)8-2-6(8)3-9-4-8/h6,9H,2-4H2,1H3/t6-,8-/m1/s1/i2D2. The van der Waals surface area contributed by atoms with E-state index in [0.29, 0.717) is 24.8 Å². The zero-order valence-corrected chi connectivity index (χ0v) is 6.79. The van der Waals surface area contributed by atoms with Crippen molar-refractivity contribution in [2.24, 2.45) is 5.92 Å². The van der Waals surface area contributed by atoms with Crippen LogP contribution in [0.15, 0.2) is 4.52 Å². The smallest absolute Gasteiger partial charge is 0.234 e. The molecule has 0 unspecified atom stereocenters. The number of aryl methyl sites for hydroxylation is 1. The molecular formula is C8H11N3O. The summed E-state index contributed by atoms with van der Waals surface area (Å²) in [5, 5.41) is 6.88. The van der Waals surface area contributed by atoms with Gasteiger partial charge in [0.05, 0.1) is 5.41 Å². The van der Waals surface area contributed by atoms with E-state index in [0.717, 1.165) is 0 Å². The first-order valence-corrected chi connectivity index (χ1v) is 4.10. The van der Waals surface area contributed by atoms with E-state index in [1.807, 2.05) is 0 Å². The Hall–Kier alpha value is -0.900. The van der Waals surface area contributed by atoms with E-state index in [4.69, 9.17) is 7.26 Å². The lowest BCUT2D eigenvalue weighted by atomic mass is 10.1. The maximum atomic E-state index is 7.86. The number of hydrogen-bond donors (Lipinski definition) is 1. The van der Waals surface area contributed by atoms with Crippen LogP contribution in [0.2, 0.25) is 0 Å². The summed E-state index contributed by atoms with van der Waals surface area (Å²) in [5.74, 6) is 1.02. The molecule has 1 saturated heterocycles. The first-order chi connectivity index (χ1) is 6.59. The van der Waals surface area contributed by atoms with Crippen molar-refractivity contribution in [3.05, 3.63) is 11.7 Å². The van der Waals surface area contributed by atoms with E-state index in [-0.39, 0.29) is 5.92 Å². The molecular weight excluding hydrogens is 154 g/mol. The minimum absolute atomic E-state index is 0.00477. The fourth-order valence-electron chi connectivity index (χ4n) is 1.85. The number of piperidine rings is 1. The van der Waals surface area contributed by atoms with Gasteiger partial charge < -0.3 is 9.84 Å². The van der Waals surface area contributed by atoms with Crippen LogP contribution in [0.4, 0.5) is 0 Å². The van der Waals surface area contributed by atoms with Crippen molar-refractivity contribution < 1.29 is 7.26 Å². The number of hydrogen-bond acceptors (Lipinski definition) is 4. The molecule has 1 aliphatic heterocycles. The van der Waals surface area contributed by atoms with Gasteiger partial charge in [-0.25, -0.2) is 0 Å². The quantitative estimate of drug-likeness (QED) is 0.651. The van der Waals surface area contributed by atoms with Crippen LogP contribution in [0.5, 0.6) is 0 Å². The van der Waals surface area contributed by atoms with Crippen molar-refractivity contribution in [3.63, 3.8) is 0 Å². The molecule has 1 saturated carbocycles. The number of nitrogens with one attached hydrogen (secondary N) is 1. The van der Waals surface area contributed by atoms with Crippen molar-refractivity contribution in [2.75, 3.05) is 13.1 Å². The van der Waals surface area contributed by atoms with E-state index in [2.05, 4.69) is 15.5 Å². The fraction of sp³-hybridized carbons (Fsp3) is 0.750. The molecule has 2 heterocycles. The van der Waals surface area contributed by atoms with Crippen molar-refractivity contribution in [3.8, 4) is 0 Å². The zero-order valence-electron chi connectivity index (χ0n) is 8.79. The molecule has 1 aromatic heterocycles. The Kier molecular flexibility index (Phi) is 0.777.